The summed E-state index contributed by atoms with van der Waals surface area (Å²) in [6, 6.07) is 7.45. The van der Waals surface area contributed by atoms with Crippen molar-refractivity contribution in [3.8, 4) is 5.75 Å². The summed E-state index contributed by atoms with van der Waals surface area (Å²) in [5, 5.41) is 0. The highest BCUT2D eigenvalue weighted by Crippen LogP contribution is 2.28. The van der Waals surface area contributed by atoms with Crippen LogP contribution in [-0.4, -0.2) is 43.0 Å². The van der Waals surface area contributed by atoms with Crippen molar-refractivity contribution in [2.24, 2.45) is 0 Å². The van der Waals surface area contributed by atoms with Crippen LogP contribution in [-0.2, 0) is 9.59 Å². The normalized spacial score (nSPS) is 14.0. The molecule has 1 fully saturated rings. The predicted octanol–water partition coefficient (Wildman–Crippen LogP) is 2.45. The Morgan fingerprint density at radius 2 is 1.91 bits per heavy atom. The van der Waals surface area contributed by atoms with Crippen molar-refractivity contribution in [2.75, 3.05) is 31.1 Å². The van der Waals surface area contributed by atoms with Crippen LogP contribution in [0, 0.1) is 0 Å². The Balaban J connectivity index is 2.06. The molecule has 0 atom stereocenters. The number of hydrogen-bond donors (Lipinski definition) is 0. The number of anilines is 1. The Bertz CT molecular complexity index is 524. The van der Waals surface area contributed by atoms with Crippen LogP contribution in [0.4, 0.5) is 5.69 Å². The molecule has 1 aliphatic rings. The fraction of sp³-hybridized carbons (Fsp3) is 0.529. The first-order valence-electron chi connectivity index (χ1n) is 7.91. The van der Waals surface area contributed by atoms with Gasteiger partial charge < -0.3 is 14.5 Å². The summed E-state index contributed by atoms with van der Waals surface area (Å²) < 4.78 is 5.59. The summed E-state index contributed by atoms with van der Waals surface area (Å²) in [5.74, 6) is 0.716. The zero-order chi connectivity index (χ0) is 15.9. The van der Waals surface area contributed by atoms with Crippen LogP contribution in [0.3, 0.4) is 0 Å². The van der Waals surface area contributed by atoms with E-state index in [0.717, 1.165) is 31.6 Å². The number of para-hydroxylation sites is 2. The number of nitrogens with zero attached hydrogens (tertiary/aromatic N) is 2. The second-order valence-corrected chi connectivity index (χ2v) is 5.41. The van der Waals surface area contributed by atoms with Crippen molar-refractivity contribution in [1.29, 1.82) is 0 Å². The van der Waals surface area contributed by atoms with E-state index in [1.54, 1.807) is 4.90 Å². The molecule has 5 nitrogen and oxygen atoms in total. The Labute approximate surface area is 131 Å². The molecule has 0 bridgehead atoms. The van der Waals surface area contributed by atoms with Gasteiger partial charge in [-0.25, -0.2) is 0 Å². The number of rotatable bonds is 6. The number of carbonyl (C=O) groups is 2. The van der Waals surface area contributed by atoms with E-state index in [-0.39, 0.29) is 11.8 Å². The van der Waals surface area contributed by atoms with Gasteiger partial charge in [0.05, 0.1) is 12.3 Å². The molecule has 2 rings (SSSR count). The van der Waals surface area contributed by atoms with Crippen molar-refractivity contribution in [2.45, 2.75) is 33.1 Å². The standard InChI is InChI=1S/C17H24N2O3/c1-3-22-16-9-5-4-8-15(16)19(14(2)20)13-10-17(21)18-11-6-7-12-18/h4-5,8-9H,3,6-7,10-13H2,1-2H3. The first-order chi connectivity index (χ1) is 10.6. The van der Waals surface area contributed by atoms with Gasteiger partial charge in [0.25, 0.3) is 0 Å². The van der Waals surface area contributed by atoms with Crippen molar-refractivity contribution in [3.63, 3.8) is 0 Å². The highest BCUT2D eigenvalue weighted by molar-refractivity contribution is 5.93. The van der Waals surface area contributed by atoms with Gasteiger partial charge in [-0.05, 0) is 31.9 Å². The van der Waals surface area contributed by atoms with Crippen molar-refractivity contribution < 1.29 is 14.3 Å². The van der Waals surface area contributed by atoms with E-state index in [4.69, 9.17) is 4.74 Å². The Kier molecular flexibility index (Phi) is 5.81. The zero-order valence-corrected chi connectivity index (χ0v) is 13.4. The maximum absolute atomic E-state index is 12.2. The van der Waals surface area contributed by atoms with E-state index in [2.05, 4.69) is 0 Å². The molecule has 1 aliphatic heterocycles. The molecule has 0 aliphatic carbocycles. The van der Waals surface area contributed by atoms with Crippen molar-refractivity contribution in [3.05, 3.63) is 24.3 Å². The highest BCUT2D eigenvalue weighted by atomic mass is 16.5. The first kappa shape index (κ1) is 16.3. The minimum Gasteiger partial charge on any atom is -0.492 e. The fourth-order valence-electron chi connectivity index (χ4n) is 2.74. The molecule has 1 heterocycles. The number of likely N-dealkylation sites (tertiary alicyclic amines) is 1. The van der Waals surface area contributed by atoms with Crippen molar-refractivity contribution >= 4 is 17.5 Å². The SMILES string of the molecule is CCOc1ccccc1N(CCC(=O)N1CCCC1)C(C)=O. The molecule has 0 N–H and O–H groups in total. The summed E-state index contributed by atoms with van der Waals surface area (Å²) >= 11 is 0. The third-order valence-electron chi connectivity index (χ3n) is 3.84. The molecule has 120 valence electrons. The molecular weight excluding hydrogens is 280 g/mol. The lowest BCUT2D eigenvalue weighted by atomic mass is 10.2. The summed E-state index contributed by atoms with van der Waals surface area (Å²) in [6.07, 6.45) is 2.50. The quantitative estimate of drug-likeness (QED) is 0.811. The summed E-state index contributed by atoms with van der Waals surface area (Å²) in [4.78, 5) is 27.7. The molecule has 0 radical (unpaired) electrons. The Hall–Kier alpha value is -2.04. The summed E-state index contributed by atoms with van der Waals surface area (Å²) in [7, 11) is 0. The topological polar surface area (TPSA) is 49.9 Å². The predicted molar refractivity (Wildman–Crippen MR) is 86.1 cm³/mol. The lowest BCUT2D eigenvalue weighted by molar-refractivity contribution is -0.129. The van der Waals surface area contributed by atoms with Gasteiger partial charge in [-0.1, -0.05) is 12.1 Å². The number of amides is 2. The smallest absolute Gasteiger partial charge is 0.224 e. The fourth-order valence-corrected chi connectivity index (χ4v) is 2.74. The van der Waals surface area contributed by atoms with Crippen LogP contribution in [0.25, 0.3) is 0 Å². The number of carbonyl (C=O) groups excluding carboxylic acids is 2. The third-order valence-corrected chi connectivity index (χ3v) is 3.84. The molecule has 0 aromatic heterocycles. The zero-order valence-electron chi connectivity index (χ0n) is 13.4. The minimum atomic E-state index is -0.0821. The van der Waals surface area contributed by atoms with Gasteiger partial charge >= 0.3 is 0 Å². The minimum absolute atomic E-state index is 0.0821. The van der Waals surface area contributed by atoms with Gasteiger partial charge in [-0.2, -0.15) is 0 Å². The summed E-state index contributed by atoms with van der Waals surface area (Å²) in [5.41, 5.74) is 0.728. The van der Waals surface area contributed by atoms with Crippen LogP contribution in [0.15, 0.2) is 24.3 Å². The average molecular weight is 304 g/mol. The van der Waals surface area contributed by atoms with Crippen LogP contribution in [0.5, 0.6) is 5.75 Å². The molecule has 0 unspecified atom stereocenters. The van der Waals surface area contributed by atoms with Crippen LogP contribution in [0.1, 0.15) is 33.1 Å². The molecule has 1 aromatic carbocycles. The van der Waals surface area contributed by atoms with Gasteiger partial charge in [0, 0.05) is 33.0 Å². The van der Waals surface area contributed by atoms with Crippen LogP contribution < -0.4 is 9.64 Å². The molecule has 5 heteroatoms. The van der Waals surface area contributed by atoms with Crippen molar-refractivity contribution in [1.82, 2.24) is 4.90 Å². The first-order valence-corrected chi connectivity index (χ1v) is 7.91. The van der Waals surface area contributed by atoms with E-state index in [0.29, 0.717) is 25.3 Å². The molecule has 2 amide bonds. The largest absolute Gasteiger partial charge is 0.492 e. The van der Waals surface area contributed by atoms with E-state index in [1.165, 1.54) is 6.92 Å². The highest BCUT2D eigenvalue weighted by Gasteiger charge is 2.21. The van der Waals surface area contributed by atoms with E-state index >= 15 is 0 Å². The molecule has 1 aromatic rings. The number of benzene rings is 1. The van der Waals surface area contributed by atoms with E-state index in [1.807, 2.05) is 36.1 Å². The Morgan fingerprint density at radius 1 is 1.23 bits per heavy atom. The van der Waals surface area contributed by atoms with Gasteiger partial charge in [0.2, 0.25) is 11.8 Å². The van der Waals surface area contributed by atoms with Gasteiger partial charge in [0.15, 0.2) is 0 Å². The maximum Gasteiger partial charge on any atom is 0.224 e. The Morgan fingerprint density at radius 3 is 2.55 bits per heavy atom. The molecule has 1 saturated heterocycles. The lowest BCUT2D eigenvalue weighted by Crippen LogP contribution is -2.35. The molecule has 0 saturated carbocycles. The third kappa shape index (κ3) is 4.00. The van der Waals surface area contributed by atoms with Gasteiger partial charge in [0.1, 0.15) is 5.75 Å². The number of hydrogen-bond acceptors (Lipinski definition) is 3. The van der Waals surface area contributed by atoms with Crippen LogP contribution in [0.2, 0.25) is 0 Å². The second-order valence-electron chi connectivity index (χ2n) is 5.41. The van der Waals surface area contributed by atoms with Gasteiger partial charge in [-0.15, -0.1) is 0 Å². The summed E-state index contributed by atoms with van der Waals surface area (Å²) in [6.45, 7) is 6.03. The van der Waals surface area contributed by atoms with Gasteiger partial charge in [-0.3, -0.25) is 9.59 Å². The lowest BCUT2D eigenvalue weighted by Gasteiger charge is -2.24. The van der Waals surface area contributed by atoms with Crippen LogP contribution >= 0.6 is 0 Å². The molecule has 0 spiro atoms. The maximum atomic E-state index is 12.2. The molecular formula is C17H24N2O3. The number of ether oxygens (including phenoxy) is 1. The monoisotopic (exact) mass is 304 g/mol. The van der Waals surface area contributed by atoms with E-state index < -0.39 is 0 Å². The molecule has 22 heavy (non-hydrogen) atoms. The average Bonchev–Trinajstić information content (AvgIpc) is 3.03. The van der Waals surface area contributed by atoms with E-state index in [9.17, 15) is 9.59 Å². The second kappa shape index (κ2) is 7.82.